The number of hydrogen-bond acceptors (Lipinski definition) is 7. The van der Waals surface area contributed by atoms with Gasteiger partial charge in [0.05, 0.1) is 36.0 Å². The third-order valence-corrected chi connectivity index (χ3v) is 10.2. The van der Waals surface area contributed by atoms with Crippen molar-refractivity contribution in [3.8, 4) is 11.8 Å². The van der Waals surface area contributed by atoms with Crippen LogP contribution < -0.4 is 9.46 Å². The molecule has 2 amide bonds. The van der Waals surface area contributed by atoms with Crippen molar-refractivity contribution in [1.29, 1.82) is 5.26 Å². The standard InChI is InChI=1S/C35H39Cl3N6O4S.CH4/c1-5-48-30-21-28(35(2,3)22-39)29(38)20-27(30)33-41-31(23-6-10-25(36)11-7-23)32(24-8-12-26(37)13-9-24)44(33)34(45)43-18-16-42(17-19-43)15-14-40-49(4,46)47;/h6-13,20-21,31-32,40H,5,14-19H2,1-4H3;1H4/t31-,32+;/m0./s1. The molecule has 2 heterocycles. The Hall–Kier alpha value is -3.37. The van der Waals surface area contributed by atoms with E-state index in [9.17, 15) is 18.5 Å². The number of rotatable bonds is 10. The first-order chi connectivity index (χ1) is 23.2. The van der Waals surface area contributed by atoms with Crippen LogP contribution in [0.1, 0.15) is 62.5 Å². The second-order valence-electron chi connectivity index (χ2n) is 12.6. The second kappa shape index (κ2) is 16.3. The predicted molar refractivity (Wildman–Crippen MR) is 201 cm³/mol. The Balaban J connectivity index is 0.00000562. The molecule has 1 N–H and O–H groups in total. The maximum atomic E-state index is 14.8. The van der Waals surface area contributed by atoms with Crippen molar-refractivity contribution < 1.29 is 17.9 Å². The van der Waals surface area contributed by atoms with Crippen LogP contribution in [0.3, 0.4) is 0 Å². The maximum absolute atomic E-state index is 14.8. The predicted octanol–water partition coefficient (Wildman–Crippen LogP) is 7.31. The van der Waals surface area contributed by atoms with Crippen molar-refractivity contribution in [2.75, 3.05) is 52.1 Å². The molecule has 0 saturated carbocycles. The number of nitrogens with one attached hydrogen (secondary N) is 1. The number of nitriles is 1. The number of piperazine rings is 1. The Labute approximate surface area is 310 Å². The summed E-state index contributed by atoms with van der Waals surface area (Å²) in [6.07, 6.45) is 1.13. The first kappa shape index (κ1) is 39.4. The van der Waals surface area contributed by atoms with Gasteiger partial charge < -0.3 is 9.64 Å². The lowest BCUT2D eigenvalue weighted by Crippen LogP contribution is -2.54. The van der Waals surface area contributed by atoms with Crippen LogP contribution in [0.5, 0.6) is 5.75 Å². The lowest BCUT2D eigenvalue weighted by atomic mass is 9.85. The first-order valence-corrected chi connectivity index (χ1v) is 19.0. The number of nitrogens with zero attached hydrogens (tertiary/aromatic N) is 5. The van der Waals surface area contributed by atoms with E-state index < -0.39 is 27.5 Å². The van der Waals surface area contributed by atoms with E-state index in [4.69, 9.17) is 44.5 Å². The van der Waals surface area contributed by atoms with Gasteiger partial charge in [0.15, 0.2) is 0 Å². The molecule has 5 rings (SSSR count). The number of urea groups is 1. The Bertz CT molecular complexity index is 1860. The lowest BCUT2D eigenvalue weighted by molar-refractivity contribution is 0.120. The van der Waals surface area contributed by atoms with Crippen LogP contribution >= 0.6 is 34.8 Å². The Morgan fingerprint density at radius 1 is 1.00 bits per heavy atom. The molecule has 10 nitrogen and oxygen atoms in total. The minimum absolute atomic E-state index is 0. The quantitative estimate of drug-likeness (QED) is 0.232. The average Bonchev–Trinajstić information content (AvgIpc) is 3.46. The molecule has 0 aliphatic carbocycles. The van der Waals surface area contributed by atoms with Crippen molar-refractivity contribution in [3.05, 3.63) is 98.0 Å². The molecule has 2 atom stereocenters. The second-order valence-corrected chi connectivity index (χ2v) is 15.7. The topological polar surface area (TPSA) is 118 Å². The monoisotopic (exact) mass is 760 g/mol. The highest BCUT2D eigenvalue weighted by Gasteiger charge is 2.45. The molecule has 14 heteroatoms. The summed E-state index contributed by atoms with van der Waals surface area (Å²) < 4.78 is 31.8. The van der Waals surface area contributed by atoms with Gasteiger partial charge in [-0.25, -0.2) is 17.9 Å². The number of halogens is 3. The third kappa shape index (κ3) is 8.91. The van der Waals surface area contributed by atoms with Gasteiger partial charge in [0.25, 0.3) is 0 Å². The number of sulfonamides is 1. The van der Waals surface area contributed by atoms with Gasteiger partial charge in [0, 0.05) is 54.3 Å². The summed E-state index contributed by atoms with van der Waals surface area (Å²) >= 11 is 19.5. The molecule has 0 radical (unpaired) electrons. The molecule has 0 bridgehead atoms. The van der Waals surface area contributed by atoms with Gasteiger partial charge in [-0.2, -0.15) is 5.26 Å². The summed E-state index contributed by atoms with van der Waals surface area (Å²) in [5.74, 6) is 0.841. The minimum Gasteiger partial charge on any atom is -0.493 e. The molecule has 0 aromatic heterocycles. The van der Waals surface area contributed by atoms with Crippen LogP contribution in [0.25, 0.3) is 0 Å². The summed E-state index contributed by atoms with van der Waals surface area (Å²) in [7, 11) is -3.29. The molecule has 2 aliphatic heterocycles. The minimum atomic E-state index is -3.29. The van der Waals surface area contributed by atoms with Gasteiger partial charge in [-0.3, -0.25) is 14.8 Å². The van der Waals surface area contributed by atoms with E-state index in [1.54, 1.807) is 60.0 Å². The summed E-state index contributed by atoms with van der Waals surface area (Å²) in [6, 6.07) is 19.3. The van der Waals surface area contributed by atoms with E-state index in [2.05, 4.69) is 15.7 Å². The SMILES string of the molecule is C.CCOc1cc(C(C)(C)C#N)c(Cl)cc1C1=N[C@@H](c2ccc(Cl)cc2)[C@@H](c2ccc(Cl)cc2)N1C(=O)N1CCN(CCNS(C)(=O)=O)CC1. The molecule has 0 spiro atoms. The number of hydrogen-bond donors (Lipinski definition) is 1. The van der Waals surface area contributed by atoms with E-state index in [0.29, 0.717) is 77.1 Å². The molecule has 2 aliphatic rings. The zero-order valence-corrected chi connectivity index (χ0v) is 30.9. The van der Waals surface area contributed by atoms with Crippen LogP contribution in [-0.4, -0.2) is 87.1 Å². The van der Waals surface area contributed by atoms with Gasteiger partial charge in [-0.1, -0.05) is 66.5 Å². The summed E-state index contributed by atoms with van der Waals surface area (Å²) in [5.41, 5.74) is 1.91. The van der Waals surface area contributed by atoms with Crippen LogP contribution in [-0.2, 0) is 15.4 Å². The van der Waals surface area contributed by atoms with Crippen molar-refractivity contribution >= 4 is 56.7 Å². The highest BCUT2D eigenvalue weighted by atomic mass is 35.5. The summed E-state index contributed by atoms with van der Waals surface area (Å²) in [6.45, 7) is 8.58. The number of amides is 2. The van der Waals surface area contributed by atoms with E-state index in [1.807, 2.05) is 31.2 Å². The fraction of sp³-hybridized carbons (Fsp3) is 0.417. The van der Waals surface area contributed by atoms with Crippen LogP contribution in [0.2, 0.25) is 15.1 Å². The Morgan fingerprint density at radius 2 is 1.58 bits per heavy atom. The number of amidine groups is 1. The number of ether oxygens (including phenoxy) is 1. The van der Waals surface area contributed by atoms with Crippen molar-refractivity contribution in [2.24, 2.45) is 4.99 Å². The third-order valence-electron chi connectivity index (χ3n) is 8.69. The highest BCUT2D eigenvalue weighted by molar-refractivity contribution is 7.88. The van der Waals surface area contributed by atoms with Crippen molar-refractivity contribution in [1.82, 2.24) is 19.4 Å². The van der Waals surface area contributed by atoms with Crippen molar-refractivity contribution in [2.45, 2.75) is 45.7 Å². The lowest BCUT2D eigenvalue weighted by Gasteiger charge is -2.39. The van der Waals surface area contributed by atoms with Gasteiger partial charge in [-0.05, 0) is 73.9 Å². The van der Waals surface area contributed by atoms with E-state index in [0.717, 1.165) is 17.4 Å². The molecule has 1 saturated heterocycles. The zero-order chi connectivity index (χ0) is 35.5. The smallest absolute Gasteiger partial charge is 0.326 e. The molecule has 268 valence electrons. The molecule has 3 aromatic rings. The molecule has 50 heavy (non-hydrogen) atoms. The molecular formula is C36H43Cl3N6O4S. The molecule has 1 fully saturated rings. The number of benzene rings is 3. The van der Waals surface area contributed by atoms with Crippen molar-refractivity contribution in [3.63, 3.8) is 0 Å². The largest absolute Gasteiger partial charge is 0.493 e. The Morgan fingerprint density at radius 3 is 2.12 bits per heavy atom. The fourth-order valence-corrected chi connectivity index (χ4v) is 7.21. The Kier molecular flexibility index (Phi) is 12.9. The molecule has 3 aromatic carbocycles. The van der Waals surface area contributed by atoms with Gasteiger partial charge in [0.1, 0.15) is 17.6 Å². The molecular weight excluding hydrogens is 719 g/mol. The average molecular weight is 762 g/mol. The van der Waals surface area contributed by atoms with Crippen LogP contribution in [0, 0.1) is 11.3 Å². The van der Waals surface area contributed by atoms with Gasteiger partial charge >= 0.3 is 6.03 Å². The van der Waals surface area contributed by atoms with Crippen LogP contribution in [0.4, 0.5) is 4.79 Å². The van der Waals surface area contributed by atoms with E-state index >= 15 is 0 Å². The number of aliphatic imine (C=N–C) groups is 1. The fourth-order valence-electron chi connectivity index (χ4n) is 6.10. The highest BCUT2D eigenvalue weighted by Crippen LogP contribution is 2.46. The first-order valence-electron chi connectivity index (χ1n) is 15.9. The zero-order valence-electron chi connectivity index (χ0n) is 27.8. The summed E-state index contributed by atoms with van der Waals surface area (Å²) in [5, 5.41) is 11.4. The van der Waals surface area contributed by atoms with E-state index in [1.165, 1.54) is 0 Å². The molecule has 0 unspecified atom stereocenters. The van der Waals surface area contributed by atoms with Gasteiger partial charge in [0.2, 0.25) is 10.0 Å². The number of carbonyl (C=O) groups excluding carboxylic acids is 1. The van der Waals surface area contributed by atoms with E-state index in [-0.39, 0.29) is 20.0 Å². The maximum Gasteiger partial charge on any atom is 0.326 e. The van der Waals surface area contributed by atoms with Gasteiger partial charge in [-0.15, -0.1) is 0 Å². The van der Waals surface area contributed by atoms with Crippen LogP contribution in [0.15, 0.2) is 65.7 Å². The number of carbonyl (C=O) groups is 1. The normalized spacial score (nSPS) is 18.3. The summed E-state index contributed by atoms with van der Waals surface area (Å²) in [4.78, 5) is 25.7.